The van der Waals surface area contributed by atoms with Crippen LogP contribution in [0, 0.1) is 6.92 Å². The van der Waals surface area contributed by atoms with E-state index in [1.165, 1.54) is 7.11 Å². The summed E-state index contributed by atoms with van der Waals surface area (Å²) in [7, 11) is 1.31. The fourth-order valence-electron chi connectivity index (χ4n) is 1.42. The molecule has 0 N–H and O–H groups in total. The molecule has 0 unspecified atom stereocenters. The van der Waals surface area contributed by atoms with Crippen LogP contribution in [0.1, 0.15) is 40.6 Å². The number of esters is 1. The highest BCUT2D eigenvalue weighted by Crippen LogP contribution is 2.38. The van der Waals surface area contributed by atoms with Crippen LogP contribution in [-0.2, 0) is 4.74 Å². The van der Waals surface area contributed by atoms with Gasteiger partial charge in [-0.2, -0.15) is 0 Å². The topological polar surface area (TPSA) is 52.1 Å². The number of rotatable bonds is 2. The Morgan fingerprint density at radius 2 is 2.13 bits per heavy atom. The molecule has 1 fully saturated rings. The van der Waals surface area contributed by atoms with Crippen molar-refractivity contribution >= 4 is 17.6 Å². The predicted molar refractivity (Wildman–Crippen MR) is 55.1 cm³/mol. The van der Waals surface area contributed by atoms with Crippen LogP contribution >= 0.6 is 11.6 Å². The minimum absolute atomic E-state index is 0.191. The van der Waals surface area contributed by atoms with Gasteiger partial charge in [-0.15, -0.1) is 0 Å². The minimum atomic E-state index is -0.486. The maximum atomic E-state index is 11.4. The van der Waals surface area contributed by atoms with Crippen LogP contribution < -0.4 is 0 Å². The van der Waals surface area contributed by atoms with Crippen LogP contribution in [0.4, 0.5) is 0 Å². The van der Waals surface area contributed by atoms with Crippen LogP contribution in [0.25, 0.3) is 0 Å². The second-order valence-corrected chi connectivity index (χ2v) is 3.96. The molecule has 0 atom stereocenters. The molecule has 5 heteroatoms. The highest BCUT2D eigenvalue weighted by atomic mass is 35.5. The number of carbonyl (C=O) groups excluding carboxylic acids is 1. The van der Waals surface area contributed by atoms with Crippen molar-refractivity contribution < 1.29 is 9.53 Å². The Hall–Kier alpha value is -1.16. The molecule has 1 aliphatic carbocycles. The number of hydrogen-bond donors (Lipinski definition) is 0. The Morgan fingerprint density at radius 1 is 1.47 bits per heavy atom. The second kappa shape index (κ2) is 3.77. The van der Waals surface area contributed by atoms with Gasteiger partial charge in [-0.25, -0.2) is 14.8 Å². The van der Waals surface area contributed by atoms with Crippen molar-refractivity contribution in [1.29, 1.82) is 0 Å². The lowest BCUT2D eigenvalue weighted by Gasteiger charge is -2.06. The number of halogens is 1. The molecule has 1 aliphatic rings. The predicted octanol–water partition coefficient (Wildman–Crippen LogP) is 2.10. The lowest BCUT2D eigenvalue weighted by molar-refractivity contribution is 0.0599. The molecule has 2 rings (SSSR count). The summed E-state index contributed by atoms with van der Waals surface area (Å²) in [4.78, 5) is 19.8. The zero-order valence-electron chi connectivity index (χ0n) is 8.58. The van der Waals surface area contributed by atoms with E-state index in [0.29, 0.717) is 11.6 Å². The summed E-state index contributed by atoms with van der Waals surface area (Å²) in [5.74, 6) is 0.679. The molecule has 0 spiro atoms. The molecule has 80 valence electrons. The Labute approximate surface area is 92.6 Å². The molecule has 1 heterocycles. The highest BCUT2D eigenvalue weighted by Gasteiger charge is 2.29. The van der Waals surface area contributed by atoms with Crippen LogP contribution in [-0.4, -0.2) is 23.0 Å². The summed E-state index contributed by atoms with van der Waals surface area (Å²) < 4.78 is 4.61. The molecule has 1 aromatic rings. The fourth-order valence-corrected chi connectivity index (χ4v) is 1.72. The van der Waals surface area contributed by atoms with Gasteiger partial charge in [-0.1, -0.05) is 11.6 Å². The fraction of sp³-hybridized carbons (Fsp3) is 0.500. The number of aromatic nitrogens is 2. The Kier molecular flexibility index (Phi) is 2.61. The summed E-state index contributed by atoms with van der Waals surface area (Å²) in [5.41, 5.74) is 0.854. The van der Waals surface area contributed by atoms with Crippen molar-refractivity contribution in [2.75, 3.05) is 7.11 Å². The molecule has 4 nitrogen and oxygen atoms in total. The third-order valence-corrected chi connectivity index (χ3v) is 2.67. The van der Waals surface area contributed by atoms with Crippen molar-refractivity contribution in [3.05, 3.63) is 22.2 Å². The summed E-state index contributed by atoms with van der Waals surface area (Å²) in [6.07, 6.45) is 2.21. The molecule has 0 amide bonds. The summed E-state index contributed by atoms with van der Waals surface area (Å²) in [6.45, 7) is 1.74. The minimum Gasteiger partial charge on any atom is -0.465 e. The van der Waals surface area contributed by atoms with Crippen LogP contribution in [0.5, 0.6) is 0 Å². The zero-order valence-corrected chi connectivity index (χ0v) is 9.34. The van der Waals surface area contributed by atoms with E-state index in [0.717, 1.165) is 18.7 Å². The summed E-state index contributed by atoms with van der Waals surface area (Å²) in [6, 6.07) is 0. The Bertz CT molecular complexity index is 393. The number of nitrogens with zero attached hydrogens (tertiary/aromatic N) is 2. The Balaban J connectivity index is 2.43. The summed E-state index contributed by atoms with van der Waals surface area (Å²) >= 11 is 5.93. The molecular formula is C10H11ClN2O2. The number of ether oxygens (including phenoxy) is 1. The molecule has 0 radical (unpaired) electrons. The lowest BCUT2D eigenvalue weighted by Crippen LogP contribution is -2.09. The number of aryl methyl sites for hydroxylation is 1. The van der Waals surface area contributed by atoms with E-state index in [4.69, 9.17) is 11.6 Å². The molecule has 0 aliphatic heterocycles. The summed E-state index contributed by atoms with van der Waals surface area (Å²) in [5, 5.41) is 0.191. The van der Waals surface area contributed by atoms with E-state index >= 15 is 0 Å². The van der Waals surface area contributed by atoms with Crippen molar-refractivity contribution in [1.82, 2.24) is 9.97 Å². The first-order valence-electron chi connectivity index (χ1n) is 4.76. The lowest BCUT2D eigenvalue weighted by atomic mass is 10.2. The monoisotopic (exact) mass is 226 g/mol. The van der Waals surface area contributed by atoms with Gasteiger partial charge < -0.3 is 4.74 Å². The van der Waals surface area contributed by atoms with Gasteiger partial charge in [0, 0.05) is 5.92 Å². The number of hydrogen-bond acceptors (Lipinski definition) is 4. The average Bonchev–Trinajstić information content (AvgIpc) is 2.99. The van der Waals surface area contributed by atoms with Crippen LogP contribution in [0.15, 0.2) is 0 Å². The SMILES string of the molecule is COC(=O)c1c(C)nc(C2CC2)nc1Cl. The van der Waals surface area contributed by atoms with E-state index in [2.05, 4.69) is 14.7 Å². The van der Waals surface area contributed by atoms with Gasteiger partial charge in [0.2, 0.25) is 0 Å². The van der Waals surface area contributed by atoms with Crippen molar-refractivity contribution in [3.63, 3.8) is 0 Å². The maximum Gasteiger partial charge on any atom is 0.342 e. The third-order valence-electron chi connectivity index (χ3n) is 2.40. The van der Waals surface area contributed by atoms with Gasteiger partial charge in [-0.05, 0) is 19.8 Å². The largest absolute Gasteiger partial charge is 0.465 e. The first-order chi connectivity index (χ1) is 7.13. The highest BCUT2D eigenvalue weighted by molar-refractivity contribution is 6.32. The molecular weight excluding hydrogens is 216 g/mol. The van der Waals surface area contributed by atoms with Crippen molar-refractivity contribution in [3.8, 4) is 0 Å². The van der Waals surface area contributed by atoms with Crippen LogP contribution in [0.3, 0.4) is 0 Å². The normalized spacial score (nSPS) is 15.1. The molecule has 15 heavy (non-hydrogen) atoms. The van der Waals surface area contributed by atoms with Gasteiger partial charge >= 0.3 is 5.97 Å². The van der Waals surface area contributed by atoms with E-state index in [9.17, 15) is 4.79 Å². The van der Waals surface area contributed by atoms with Gasteiger partial charge in [0.05, 0.1) is 12.8 Å². The first kappa shape index (κ1) is 10.4. The van der Waals surface area contributed by atoms with E-state index in [-0.39, 0.29) is 10.7 Å². The van der Waals surface area contributed by atoms with Gasteiger partial charge in [0.15, 0.2) is 0 Å². The molecule has 1 saturated carbocycles. The van der Waals surface area contributed by atoms with E-state index in [1.807, 2.05) is 0 Å². The third kappa shape index (κ3) is 1.95. The Morgan fingerprint density at radius 3 is 2.60 bits per heavy atom. The molecule has 0 saturated heterocycles. The molecule has 0 aromatic carbocycles. The smallest absolute Gasteiger partial charge is 0.342 e. The quantitative estimate of drug-likeness (QED) is 0.573. The first-order valence-corrected chi connectivity index (χ1v) is 5.13. The van der Waals surface area contributed by atoms with Gasteiger partial charge in [0.25, 0.3) is 0 Å². The van der Waals surface area contributed by atoms with Gasteiger partial charge in [-0.3, -0.25) is 0 Å². The molecule has 1 aromatic heterocycles. The number of methoxy groups -OCH3 is 1. The van der Waals surface area contributed by atoms with E-state index < -0.39 is 5.97 Å². The zero-order chi connectivity index (χ0) is 11.0. The van der Waals surface area contributed by atoms with Crippen LogP contribution in [0.2, 0.25) is 5.15 Å². The maximum absolute atomic E-state index is 11.4. The molecule has 0 bridgehead atoms. The van der Waals surface area contributed by atoms with E-state index in [1.54, 1.807) is 6.92 Å². The standard InChI is InChI=1S/C10H11ClN2O2/c1-5-7(10(14)15-2)8(11)13-9(12-5)6-3-4-6/h6H,3-4H2,1-2H3. The number of carbonyl (C=O) groups is 1. The van der Waals surface area contributed by atoms with Crippen molar-refractivity contribution in [2.24, 2.45) is 0 Å². The second-order valence-electron chi connectivity index (χ2n) is 3.60. The average molecular weight is 227 g/mol. The van der Waals surface area contributed by atoms with Crippen molar-refractivity contribution in [2.45, 2.75) is 25.7 Å². The van der Waals surface area contributed by atoms with Gasteiger partial charge in [0.1, 0.15) is 16.5 Å².